The van der Waals surface area contributed by atoms with E-state index in [0.717, 1.165) is 12.1 Å². The highest BCUT2D eigenvalue weighted by Crippen LogP contribution is 2.56. The number of carbonyl (C=O) groups excluding carboxylic acids is 1. The number of benzene rings is 2. The number of carbonyl (C=O) groups is 1. The molecule has 6 nitrogen and oxygen atoms in total. The standard InChI is InChI=1S/C22H12F5NO5/c23-21(24,25)17-8-5-11(30-17)10-28-14-4-2-1-3-13(14)20(19(28)29)9-12-15(31-20)6-7-16-18(12)33-22(26,27)32-16/h1-8H,9-10H2. The number of ether oxygens (including phenoxy) is 3. The molecule has 0 N–H and O–H groups in total. The molecule has 2 aromatic carbocycles. The third kappa shape index (κ3) is 2.81. The van der Waals surface area contributed by atoms with Crippen LogP contribution < -0.4 is 19.1 Å². The van der Waals surface area contributed by atoms with Crippen LogP contribution in [0, 0.1) is 0 Å². The van der Waals surface area contributed by atoms with E-state index in [2.05, 4.69) is 9.47 Å². The van der Waals surface area contributed by atoms with Crippen molar-refractivity contribution in [3.8, 4) is 17.2 Å². The molecular weight excluding hydrogens is 453 g/mol. The van der Waals surface area contributed by atoms with E-state index in [4.69, 9.17) is 9.15 Å². The monoisotopic (exact) mass is 465 g/mol. The Balaban J connectivity index is 1.38. The summed E-state index contributed by atoms with van der Waals surface area (Å²) in [4.78, 5) is 14.9. The van der Waals surface area contributed by atoms with E-state index >= 15 is 0 Å². The summed E-state index contributed by atoms with van der Waals surface area (Å²) in [6.45, 7) is -0.275. The average molecular weight is 465 g/mol. The van der Waals surface area contributed by atoms with E-state index < -0.39 is 29.7 Å². The highest BCUT2D eigenvalue weighted by atomic mass is 19.4. The van der Waals surface area contributed by atoms with Gasteiger partial charge in [-0.1, -0.05) is 18.2 Å². The van der Waals surface area contributed by atoms with Crippen molar-refractivity contribution in [1.29, 1.82) is 0 Å². The van der Waals surface area contributed by atoms with Gasteiger partial charge in [0.05, 0.1) is 12.2 Å². The lowest BCUT2D eigenvalue weighted by atomic mass is 9.90. The molecule has 3 aromatic rings. The van der Waals surface area contributed by atoms with Crippen LogP contribution >= 0.6 is 0 Å². The second-order valence-electron chi connectivity index (χ2n) is 7.82. The number of fused-ring (bicyclic) bond motifs is 5. The number of hydrogen-bond donors (Lipinski definition) is 0. The van der Waals surface area contributed by atoms with Crippen molar-refractivity contribution in [2.75, 3.05) is 4.90 Å². The van der Waals surface area contributed by atoms with Crippen LogP contribution in [0.1, 0.15) is 22.6 Å². The number of alkyl halides is 5. The van der Waals surface area contributed by atoms with E-state index in [-0.39, 0.29) is 41.5 Å². The molecule has 4 heterocycles. The molecule has 3 aliphatic heterocycles. The summed E-state index contributed by atoms with van der Waals surface area (Å²) in [6.07, 6.45) is -8.62. The van der Waals surface area contributed by atoms with Crippen molar-refractivity contribution in [1.82, 2.24) is 0 Å². The zero-order chi connectivity index (χ0) is 23.2. The van der Waals surface area contributed by atoms with Gasteiger partial charge in [-0.25, -0.2) is 0 Å². The summed E-state index contributed by atoms with van der Waals surface area (Å²) in [5.74, 6) is -2.02. The quantitative estimate of drug-likeness (QED) is 0.499. The Labute approximate surface area is 182 Å². The van der Waals surface area contributed by atoms with Crippen LogP contribution in [-0.4, -0.2) is 12.2 Å². The van der Waals surface area contributed by atoms with Gasteiger partial charge in [0, 0.05) is 17.5 Å². The Morgan fingerprint density at radius 2 is 1.70 bits per heavy atom. The van der Waals surface area contributed by atoms with E-state index in [1.807, 2.05) is 0 Å². The SMILES string of the molecule is O=C1N(Cc2ccc(C(F)(F)F)o2)c2ccccc2C12Cc1c(ccc3c1OC(F)(F)O3)O2. The summed E-state index contributed by atoms with van der Waals surface area (Å²) in [5.41, 5.74) is -0.478. The van der Waals surface area contributed by atoms with Crippen LogP contribution in [-0.2, 0) is 29.5 Å². The van der Waals surface area contributed by atoms with E-state index in [9.17, 15) is 26.7 Å². The second-order valence-corrected chi connectivity index (χ2v) is 7.82. The number of hydrogen-bond acceptors (Lipinski definition) is 5. The molecule has 1 aromatic heterocycles. The van der Waals surface area contributed by atoms with Crippen molar-refractivity contribution in [2.24, 2.45) is 0 Å². The van der Waals surface area contributed by atoms with Crippen molar-refractivity contribution in [2.45, 2.75) is 31.0 Å². The fourth-order valence-corrected chi connectivity index (χ4v) is 4.47. The molecule has 0 aliphatic carbocycles. The number of rotatable bonds is 2. The molecule has 3 aliphatic rings. The first-order chi connectivity index (χ1) is 15.6. The molecule has 1 unspecified atom stereocenters. The maximum absolute atomic E-state index is 13.6. The van der Waals surface area contributed by atoms with Gasteiger partial charge in [0.2, 0.25) is 11.4 Å². The fourth-order valence-electron chi connectivity index (χ4n) is 4.47. The van der Waals surface area contributed by atoms with Crippen LogP contribution in [0.5, 0.6) is 17.2 Å². The molecule has 33 heavy (non-hydrogen) atoms. The Bertz CT molecular complexity index is 1320. The number of para-hydroxylation sites is 1. The van der Waals surface area contributed by atoms with Crippen LogP contribution in [0.15, 0.2) is 52.9 Å². The Morgan fingerprint density at radius 1 is 0.939 bits per heavy atom. The third-order valence-electron chi connectivity index (χ3n) is 5.82. The van der Waals surface area contributed by atoms with Gasteiger partial charge in [-0.05, 0) is 30.3 Å². The molecule has 0 saturated heterocycles. The summed E-state index contributed by atoms with van der Waals surface area (Å²) in [7, 11) is 0. The van der Waals surface area contributed by atoms with Crippen LogP contribution in [0.3, 0.4) is 0 Å². The molecule has 1 atom stereocenters. The lowest BCUT2D eigenvalue weighted by Crippen LogP contribution is -2.43. The van der Waals surface area contributed by atoms with Gasteiger partial charge in [0.25, 0.3) is 5.91 Å². The van der Waals surface area contributed by atoms with E-state index in [1.54, 1.807) is 24.3 Å². The van der Waals surface area contributed by atoms with Gasteiger partial charge in [-0.15, -0.1) is 8.78 Å². The lowest BCUT2D eigenvalue weighted by molar-refractivity contribution is -0.286. The minimum absolute atomic E-state index is 0.0738. The van der Waals surface area contributed by atoms with E-state index in [1.165, 1.54) is 17.0 Å². The molecule has 0 bridgehead atoms. The molecular formula is C22H12F5NO5. The Morgan fingerprint density at radius 3 is 2.45 bits per heavy atom. The van der Waals surface area contributed by atoms with Crippen LogP contribution in [0.4, 0.5) is 27.6 Å². The minimum Gasteiger partial charge on any atom is -0.472 e. The van der Waals surface area contributed by atoms with Crippen LogP contribution in [0.25, 0.3) is 0 Å². The van der Waals surface area contributed by atoms with E-state index in [0.29, 0.717) is 11.3 Å². The Hall–Kier alpha value is -3.76. The number of furan rings is 1. The molecule has 6 rings (SSSR count). The third-order valence-corrected chi connectivity index (χ3v) is 5.82. The molecule has 1 spiro atoms. The lowest BCUT2D eigenvalue weighted by Gasteiger charge is -2.23. The van der Waals surface area contributed by atoms with Gasteiger partial charge in [-0.2, -0.15) is 13.2 Å². The van der Waals surface area contributed by atoms with Gasteiger partial charge < -0.3 is 23.5 Å². The molecule has 0 saturated carbocycles. The number of nitrogens with zero attached hydrogens (tertiary/aromatic N) is 1. The zero-order valence-electron chi connectivity index (χ0n) is 16.4. The molecule has 1 amide bonds. The summed E-state index contributed by atoms with van der Waals surface area (Å²) >= 11 is 0. The first-order valence-electron chi connectivity index (χ1n) is 9.75. The molecule has 0 fully saturated rings. The number of anilines is 1. The predicted octanol–water partition coefficient (Wildman–Crippen LogP) is 5.00. The minimum atomic E-state index is -4.66. The Kier molecular flexibility index (Phi) is 3.72. The highest BCUT2D eigenvalue weighted by molar-refractivity contribution is 6.08. The molecule has 170 valence electrons. The summed E-state index contributed by atoms with van der Waals surface area (Å²) in [5, 5.41) is 0. The van der Waals surface area contributed by atoms with Crippen molar-refractivity contribution in [3.05, 3.63) is 71.2 Å². The van der Waals surface area contributed by atoms with Gasteiger partial charge in [0.15, 0.2) is 11.5 Å². The smallest absolute Gasteiger partial charge is 0.472 e. The van der Waals surface area contributed by atoms with Crippen LogP contribution in [0.2, 0.25) is 0 Å². The molecule has 0 radical (unpaired) electrons. The van der Waals surface area contributed by atoms with Crippen molar-refractivity contribution >= 4 is 11.6 Å². The highest BCUT2D eigenvalue weighted by Gasteiger charge is 2.58. The number of amides is 1. The van der Waals surface area contributed by atoms with Crippen molar-refractivity contribution < 1.29 is 45.4 Å². The van der Waals surface area contributed by atoms with Gasteiger partial charge in [-0.3, -0.25) is 4.79 Å². The molecule has 11 heteroatoms. The fraction of sp³-hybridized carbons (Fsp3) is 0.227. The first-order valence-corrected chi connectivity index (χ1v) is 9.75. The van der Waals surface area contributed by atoms with Crippen molar-refractivity contribution in [3.63, 3.8) is 0 Å². The predicted molar refractivity (Wildman–Crippen MR) is 100.0 cm³/mol. The normalized spacial score (nSPS) is 22.0. The average Bonchev–Trinajstić information content (AvgIpc) is 3.48. The topological polar surface area (TPSA) is 61.1 Å². The maximum Gasteiger partial charge on any atom is 0.586 e. The largest absolute Gasteiger partial charge is 0.586 e. The van der Waals surface area contributed by atoms with Gasteiger partial charge in [0.1, 0.15) is 11.5 Å². The summed E-state index contributed by atoms with van der Waals surface area (Å²) in [6, 6.07) is 11.2. The summed E-state index contributed by atoms with van der Waals surface area (Å²) < 4.78 is 86.1. The zero-order valence-corrected chi connectivity index (χ0v) is 16.4. The van der Waals surface area contributed by atoms with Gasteiger partial charge >= 0.3 is 12.5 Å². The maximum atomic E-state index is 13.6. The second kappa shape index (κ2) is 6.18. The first kappa shape index (κ1) is 19.9. The number of halogens is 5.